The minimum atomic E-state index is -0.332. The summed E-state index contributed by atoms with van der Waals surface area (Å²) in [7, 11) is 0. The Morgan fingerprint density at radius 2 is 1.62 bits per heavy atom. The average molecular weight is 407 g/mol. The van der Waals surface area contributed by atoms with Gasteiger partial charge in [-0.3, -0.25) is 10.1 Å². The van der Waals surface area contributed by atoms with Crippen LogP contribution in [0.15, 0.2) is 66.9 Å². The highest BCUT2D eigenvalue weighted by atomic mass is 32.1. The third-order valence-corrected chi connectivity index (χ3v) is 5.61. The summed E-state index contributed by atoms with van der Waals surface area (Å²) in [4.78, 5) is 33.9. The summed E-state index contributed by atoms with van der Waals surface area (Å²) in [6.45, 7) is 2.78. The molecule has 7 nitrogen and oxygen atoms in total. The normalized spacial score (nSPS) is 13.8. The van der Waals surface area contributed by atoms with Gasteiger partial charge in [-0.1, -0.05) is 24.3 Å². The lowest BCUT2D eigenvalue weighted by Crippen LogP contribution is -2.48. The van der Waals surface area contributed by atoms with E-state index in [2.05, 4.69) is 20.5 Å². The molecule has 1 saturated heterocycles. The summed E-state index contributed by atoms with van der Waals surface area (Å²) in [5.74, 6) is 0.929. The van der Waals surface area contributed by atoms with Crippen molar-refractivity contribution in [3.05, 3.63) is 71.7 Å². The van der Waals surface area contributed by atoms with Gasteiger partial charge >= 0.3 is 6.03 Å². The Bertz CT molecular complexity index is 969. The van der Waals surface area contributed by atoms with Crippen molar-refractivity contribution in [1.82, 2.24) is 9.88 Å². The highest BCUT2D eigenvalue weighted by Crippen LogP contribution is 2.24. The van der Waals surface area contributed by atoms with Crippen LogP contribution in [0.3, 0.4) is 0 Å². The van der Waals surface area contributed by atoms with Gasteiger partial charge in [-0.05, 0) is 36.4 Å². The molecule has 4 rings (SSSR count). The molecule has 29 heavy (non-hydrogen) atoms. The molecule has 2 N–H and O–H groups in total. The largest absolute Gasteiger partial charge is 0.353 e. The number of para-hydroxylation sites is 1. The summed E-state index contributed by atoms with van der Waals surface area (Å²) in [6, 6.07) is 18.2. The molecule has 0 unspecified atom stereocenters. The number of carbonyl (C=O) groups is 2. The fraction of sp³-hybridized carbons (Fsp3) is 0.190. The fourth-order valence-electron chi connectivity index (χ4n) is 3.15. The van der Waals surface area contributed by atoms with Crippen molar-refractivity contribution in [1.29, 1.82) is 0 Å². The maximum atomic E-state index is 12.8. The number of anilines is 3. The van der Waals surface area contributed by atoms with Crippen LogP contribution in [0, 0.1) is 0 Å². The predicted molar refractivity (Wildman–Crippen MR) is 116 cm³/mol. The number of hydrogen-bond donors (Lipinski definition) is 2. The standard InChI is InChI=1S/C21H21N5O2S/c27-20(26-14-12-25(13-15-26)18-8-4-5-11-22-18)17-9-10-19(29-17)24-21(28)23-16-6-2-1-3-7-16/h1-11H,12-15H2,(H2,23,24,28). The van der Waals surface area contributed by atoms with Crippen LogP contribution in [-0.2, 0) is 0 Å². The molecule has 148 valence electrons. The van der Waals surface area contributed by atoms with Gasteiger partial charge in [0.1, 0.15) is 5.82 Å². The van der Waals surface area contributed by atoms with E-state index < -0.39 is 0 Å². The number of urea groups is 1. The number of rotatable bonds is 4. The molecule has 0 bridgehead atoms. The number of amides is 3. The van der Waals surface area contributed by atoms with Crippen LogP contribution in [0.1, 0.15) is 9.67 Å². The van der Waals surface area contributed by atoms with E-state index in [1.165, 1.54) is 11.3 Å². The Hall–Kier alpha value is -3.39. The lowest BCUT2D eigenvalue weighted by atomic mass is 10.3. The number of aromatic nitrogens is 1. The number of thiophene rings is 1. The Labute approximate surface area is 173 Å². The van der Waals surface area contributed by atoms with Crippen LogP contribution >= 0.6 is 11.3 Å². The van der Waals surface area contributed by atoms with Crippen molar-refractivity contribution >= 4 is 39.8 Å². The number of nitrogens with zero attached hydrogens (tertiary/aromatic N) is 3. The molecule has 1 aromatic carbocycles. The van der Waals surface area contributed by atoms with Crippen molar-refractivity contribution < 1.29 is 9.59 Å². The first-order valence-corrected chi connectivity index (χ1v) is 10.2. The smallest absolute Gasteiger partial charge is 0.324 e. The second-order valence-corrected chi connectivity index (χ2v) is 7.66. The van der Waals surface area contributed by atoms with Crippen molar-refractivity contribution in [3.63, 3.8) is 0 Å². The zero-order valence-corrected chi connectivity index (χ0v) is 16.6. The minimum absolute atomic E-state index is 0.00723. The number of benzene rings is 1. The van der Waals surface area contributed by atoms with E-state index in [1.54, 1.807) is 18.3 Å². The zero-order chi connectivity index (χ0) is 20.1. The van der Waals surface area contributed by atoms with Crippen molar-refractivity contribution in [2.75, 3.05) is 41.7 Å². The molecule has 0 saturated carbocycles. The second kappa shape index (κ2) is 8.74. The van der Waals surface area contributed by atoms with Crippen LogP contribution in [0.25, 0.3) is 0 Å². The van der Waals surface area contributed by atoms with Crippen molar-refractivity contribution in [3.8, 4) is 0 Å². The van der Waals surface area contributed by atoms with Gasteiger partial charge in [0.05, 0.1) is 9.88 Å². The van der Waals surface area contributed by atoms with E-state index in [0.29, 0.717) is 28.7 Å². The quantitative estimate of drug-likeness (QED) is 0.691. The number of carbonyl (C=O) groups excluding carboxylic acids is 2. The van der Waals surface area contributed by atoms with Crippen LogP contribution < -0.4 is 15.5 Å². The van der Waals surface area contributed by atoms with Crippen LogP contribution in [-0.4, -0.2) is 48.0 Å². The summed E-state index contributed by atoms with van der Waals surface area (Å²) in [5, 5.41) is 6.17. The lowest BCUT2D eigenvalue weighted by molar-refractivity contribution is 0.0751. The van der Waals surface area contributed by atoms with Crippen LogP contribution in [0.5, 0.6) is 0 Å². The third kappa shape index (κ3) is 4.72. The van der Waals surface area contributed by atoms with E-state index in [0.717, 1.165) is 18.9 Å². The zero-order valence-electron chi connectivity index (χ0n) is 15.7. The second-order valence-electron chi connectivity index (χ2n) is 6.58. The number of pyridine rings is 1. The molecule has 0 atom stereocenters. The molecule has 3 amide bonds. The highest BCUT2D eigenvalue weighted by molar-refractivity contribution is 7.18. The molecule has 2 aromatic heterocycles. The molecule has 1 fully saturated rings. The summed E-state index contributed by atoms with van der Waals surface area (Å²) >= 11 is 1.28. The van der Waals surface area contributed by atoms with Gasteiger partial charge in [0, 0.05) is 38.1 Å². The van der Waals surface area contributed by atoms with Gasteiger partial charge in [-0.25, -0.2) is 9.78 Å². The summed E-state index contributed by atoms with van der Waals surface area (Å²) in [6.07, 6.45) is 1.78. The minimum Gasteiger partial charge on any atom is -0.353 e. The molecule has 1 aliphatic heterocycles. The van der Waals surface area contributed by atoms with Crippen molar-refractivity contribution in [2.45, 2.75) is 0 Å². The Balaban J connectivity index is 1.31. The maximum absolute atomic E-state index is 12.8. The topological polar surface area (TPSA) is 77.6 Å². The van der Waals surface area contributed by atoms with Crippen LogP contribution in [0.4, 0.5) is 21.3 Å². The average Bonchev–Trinajstić information content (AvgIpc) is 3.23. The molecule has 3 heterocycles. The lowest BCUT2D eigenvalue weighted by Gasteiger charge is -2.35. The van der Waals surface area contributed by atoms with E-state index >= 15 is 0 Å². The monoisotopic (exact) mass is 407 g/mol. The third-order valence-electron chi connectivity index (χ3n) is 4.63. The first-order chi connectivity index (χ1) is 14.2. The van der Waals surface area contributed by atoms with Gasteiger partial charge in [0.2, 0.25) is 0 Å². The predicted octanol–water partition coefficient (Wildman–Crippen LogP) is 3.75. The van der Waals surface area contributed by atoms with E-state index in [4.69, 9.17) is 0 Å². The number of nitrogens with one attached hydrogen (secondary N) is 2. The van der Waals surface area contributed by atoms with Gasteiger partial charge in [-0.15, -0.1) is 11.3 Å². The van der Waals surface area contributed by atoms with Gasteiger partial charge in [-0.2, -0.15) is 0 Å². The molecular formula is C21H21N5O2S. The maximum Gasteiger partial charge on any atom is 0.324 e. The molecule has 1 aliphatic rings. The van der Waals surface area contributed by atoms with Gasteiger partial charge < -0.3 is 15.1 Å². The van der Waals surface area contributed by atoms with E-state index in [9.17, 15) is 9.59 Å². The SMILES string of the molecule is O=C(Nc1ccccc1)Nc1ccc(C(=O)N2CCN(c3ccccn3)CC2)s1. The van der Waals surface area contributed by atoms with E-state index in [1.807, 2.05) is 53.4 Å². The van der Waals surface area contributed by atoms with Crippen molar-refractivity contribution in [2.24, 2.45) is 0 Å². The van der Waals surface area contributed by atoms with Gasteiger partial charge in [0.15, 0.2) is 0 Å². The molecular weight excluding hydrogens is 386 g/mol. The first-order valence-electron chi connectivity index (χ1n) is 9.37. The molecule has 8 heteroatoms. The Morgan fingerprint density at radius 3 is 2.34 bits per heavy atom. The Morgan fingerprint density at radius 1 is 0.862 bits per heavy atom. The number of piperazine rings is 1. The summed E-state index contributed by atoms with van der Waals surface area (Å²) in [5.41, 5.74) is 0.712. The molecule has 0 spiro atoms. The molecule has 0 aliphatic carbocycles. The first kappa shape index (κ1) is 18.9. The summed E-state index contributed by atoms with van der Waals surface area (Å²) < 4.78 is 0. The Kier molecular flexibility index (Phi) is 5.71. The number of hydrogen-bond acceptors (Lipinski definition) is 5. The molecule has 3 aromatic rings. The van der Waals surface area contributed by atoms with Gasteiger partial charge in [0.25, 0.3) is 5.91 Å². The highest BCUT2D eigenvalue weighted by Gasteiger charge is 2.24. The molecule has 0 radical (unpaired) electrons. The van der Waals surface area contributed by atoms with E-state index in [-0.39, 0.29) is 11.9 Å². The fourth-order valence-corrected chi connectivity index (χ4v) is 4.02. The van der Waals surface area contributed by atoms with Crippen LogP contribution in [0.2, 0.25) is 0 Å².